The fourth-order valence-electron chi connectivity index (χ4n) is 2.01. The first-order valence-electron chi connectivity index (χ1n) is 7.11. The average Bonchev–Trinajstić information content (AvgIpc) is 2.60. The molecule has 0 saturated heterocycles. The number of nitrogens with one attached hydrogen (secondary N) is 2. The Morgan fingerprint density at radius 3 is 2.46 bits per heavy atom. The molecular weight excluding hydrogens is 312 g/mol. The third-order valence-electron chi connectivity index (χ3n) is 3.20. The number of carbonyl (C=O) groups excluding carboxylic acids is 2. The first-order chi connectivity index (χ1) is 11.5. The molecule has 0 aliphatic rings. The topological polar surface area (TPSA) is 127 Å². The van der Waals surface area contributed by atoms with E-state index >= 15 is 0 Å². The van der Waals surface area contributed by atoms with E-state index in [2.05, 4.69) is 10.6 Å². The number of anilines is 1. The van der Waals surface area contributed by atoms with Crippen LogP contribution < -0.4 is 16.4 Å². The molecule has 0 aliphatic carbocycles. The first-order valence-corrected chi connectivity index (χ1v) is 7.11. The largest absolute Gasteiger partial charge is 0.344 e. The molecule has 2 aromatic carbocycles. The third-order valence-corrected chi connectivity index (χ3v) is 3.20. The molecule has 0 saturated carbocycles. The number of non-ortho nitro benzene ring substituents is 1. The smallest absolute Gasteiger partial charge is 0.313 e. The molecule has 0 bridgehead atoms. The number of hydrogen-bond donors (Lipinski definition) is 3. The predicted molar refractivity (Wildman–Crippen MR) is 87.9 cm³/mol. The summed E-state index contributed by atoms with van der Waals surface area (Å²) in [4.78, 5) is 33.7. The summed E-state index contributed by atoms with van der Waals surface area (Å²) in [5, 5.41) is 15.5. The number of benzene rings is 2. The van der Waals surface area contributed by atoms with Gasteiger partial charge in [0.05, 0.1) is 4.92 Å². The maximum Gasteiger partial charge on any atom is 0.313 e. The molecule has 0 aromatic heterocycles. The second kappa shape index (κ2) is 7.84. The van der Waals surface area contributed by atoms with Crippen LogP contribution in [-0.4, -0.2) is 16.7 Å². The molecule has 2 rings (SSSR count). The van der Waals surface area contributed by atoms with Gasteiger partial charge in [0, 0.05) is 30.9 Å². The highest BCUT2D eigenvalue weighted by Gasteiger charge is 2.15. The van der Waals surface area contributed by atoms with Crippen molar-refractivity contribution in [3.05, 3.63) is 69.8 Å². The number of hydrogen-bond acceptors (Lipinski definition) is 5. The number of amides is 2. The van der Waals surface area contributed by atoms with E-state index in [1.807, 2.05) is 18.2 Å². The standard InChI is InChI=1S/C16H16N4O4/c17-9-11-3-1-4-12(7-11)10-18-15(21)16(22)19-13-5-2-6-14(8-13)20(23)24/h1-8H,9-10,17H2,(H,18,21)(H,19,22). The Balaban J connectivity index is 1.93. The molecule has 0 fully saturated rings. The summed E-state index contributed by atoms with van der Waals surface area (Å²) >= 11 is 0. The van der Waals surface area contributed by atoms with E-state index in [-0.39, 0.29) is 17.9 Å². The number of nitrogens with two attached hydrogens (primary N) is 1. The van der Waals surface area contributed by atoms with Crippen molar-refractivity contribution in [1.82, 2.24) is 5.32 Å². The SMILES string of the molecule is NCc1cccc(CNC(=O)C(=O)Nc2cccc([N+](=O)[O-])c2)c1. The highest BCUT2D eigenvalue weighted by Crippen LogP contribution is 2.16. The lowest BCUT2D eigenvalue weighted by molar-refractivity contribution is -0.384. The van der Waals surface area contributed by atoms with Gasteiger partial charge in [-0.05, 0) is 17.2 Å². The summed E-state index contributed by atoms with van der Waals surface area (Å²) in [5.74, 6) is -1.73. The monoisotopic (exact) mass is 328 g/mol. The summed E-state index contributed by atoms with van der Waals surface area (Å²) in [6, 6.07) is 12.7. The van der Waals surface area contributed by atoms with Gasteiger partial charge in [-0.1, -0.05) is 30.3 Å². The van der Waals surface area contributed by atoms with E-state index in [9.17, 15) is 19.7 Å². The van der Waals surface area contributed by atoms with Gasteiger partial charge < -0.3 is 16.4 Å². The molecule has 0 heterocycles. The van der Waals surface area contributed by atoms with Crippen molar-refractivity contribution in [2.24, 2.45) is 5.73 Å². The number of nitro benzene ring substituents is 1. The zero-order valence-electron chi connectivity index (χ0n) is 12.7. The minimum atomic E-state index is -0.898. The molecule has 0 aliphatic heterocycles. The Labute approximate surface area is 137 Å². The quantitative estimate of drug-likeness (QED) is 0.433. The Morgan fingerprint density at radius 1 is 1.04 bits per heavy atom. The van der Waals surface area contributed by atoms with E-state index in [0.29, 0.717) is 6.54 Å². The molecule has 8 nitrogen and oxygen atoms in total. The van der Waals surface area contributed by atoms with E-state index in [0.717, 1.165) is 11.1 Å². The Hall–Kier alpha value is -3.26. The van der Waals surface area contributed by atoms with Crippen molar-refractivity contribution in [3.63, 3.8) is 0 Å². The molecular formula is C16H16N4O4. The fourth-order valence-corrected chi connectivity index (χ4v) is 2.01. The van der Waals surface area contributed by atoms with Crippen LogP contribution in [0.3, 0.4) is 0 Å². The Morgan fingerprint density at radius 2 is 1.75 bits per heavy atom. The molecule has 24 heavy (non-hydrogen) atoms. The van der Waals surface area contributed by atoms with E-state index < -0.39 is 16.7 Å². The van der Waals surface area contributed by atoms with Crippen LogP contribution in [0.5, 0.6) is 0 Å². The fraction of sp³-hybridized carbons (Fsp3) is 0.125. The number of nitrogens with zero attached hydrogens (tertiary/aromatic N) is 1. The van der Waals surface area contributed by atoms with E-state index in [1.165, 1.54) is 24.3 Å². The second-order valence-electron chi connectivity index (χ2n) is 4.97. The Bertz CT molecular complexity index is 776. The van der Waals surface area contributed by atoms with Crippen molar-refractivity contribution in [3.8, 4) is 0 Å². The van der Waals surface area contributed by atoms with Gasteiger partial charge in [-0.2, -0.15) is 0 Å². The summed E-state index contributed by atoms with van der Waals surface area (Å²) in [7, 11) is 0. The van der Waals surface area contributed by atoms with Crippen molar-refractivity contribution in [2.45, 2.75) is 13.1 Å². The third kappa shape index (κ3) is 4.62. The zero-order chi connectivity index (χ0) is 17.5. The molecule has 2 aromatic rings. The maximum atomic E-state index is 11.8. The van der Waals surface area contributed by atoms with E-state index in [4.69, 9.17) is 5.73 Å². The van der Waals surface area contributed by atoms with Crippen molar-refractivity contribution < 1.29 is 14.5 Å². The minimum absolute atomic E-state index is 0.174. The number of rotatable bonds is 5. The van der Waals surface area contributed by atoms with Crippen LogP contribution in [0, 0.1) is 10.1 Å². The first kappa shape index (κ1) is 17.1. The maximum absolute atomic E-state index is 11.8. The minimum Gasteiger partial charge on any atom is -0.344 e. The van der Waals surface area contributed by atoms with Gasteiger partial charge in [0.25, 0.3) is 5.69 Å². The van der Waals surface area contributed by atoms with Gasteiger partial charge in [0.2, 0.25) is 0 Å². The lowest BCUT2D eigenvalue weighted by atomic mass is 10.1. The summed E-state index contributed by atoms with van der Waals surface area (Å²) < 4.78 is 0. The van der Waals surface area contributed by atoms with Gasteiger partial charge in [0.1, 0.15) is 0 Å². The molecule has 8 heteroatoms. The highest BCUT2D eigenvalue weighted by atomic mass is 16.6. The molecule has 0 unspecified atom stereocenters. The van der Waals surface area contributed by atoms with Crippen LogP contribution in [-0.2, 0) is 22.7 Å². The zero-order valence-corrected chi connectivity index (χ0v) is 12.7. The Kier molecular flexibility index (Phi) is 5.58. The van der Waals surface area contributed by atoms with Gasteiger partial charge in [-0.15, -0.1) is 0 Å². The second-order valence-corrected chi connectivity index (χ2v) is 4.97. The summed E-state index contributed by atoms with van der Waals surface area (Å²) in [5.41, 5.74) is 7.28. The van der Waals surface area contributed by atoms with Gasteiger partial charge in [-0.3, -0.25) is 19.7 Å². The summed E-state index contributed by atoms with van der Waals surface area (Å²) in [6.07, 6.45) is 0. The molecule has 0 atom stereocenters. The van der Waals surface area contributed by atoms with Gasteiger partial charge >= 0.3 is 11.8 Å². The van der Waals surface area contributed by atoms with Crippen molar-refractivity contribution >= 4 is 23.2 Å². The van der Waals surface area contributed by atoms with Crippen LogP contribution in [0.15, 0.2) is 48.5 Å². The number of carbonyl (C=O) groups is 2. The molecule has 0 spiro atoms. The molecule has 0 radical (unpaired) electrons. The van der Waals surface area contributed by atoms with Crippen LogP contribution in [0.1, 0.15) is 11.1 Å². The van der Waals surface area contributed by atoms with Gasteiger partial charge in [0.15, 0.2) is 0 Å². The highest BCUT2D eigenvalue weighted by molar-refractivity contribution is 6.39. The van der Waals surface area contributed by atoms with Crippen LogP contribution >= 0.6 is 0 Å². The molecule has 4 N–H and O–H groups in total. The number of nitro groups is 1. The van der Waals surface area contributed by atoms with Crippen LogP contribution in [0.2, 0.25) is 0 Å². The van der Waals surface area contributed by atoms with Gasteiger partial charge in [-0.25, -0.2) is 0 Å². The van der Waals surface area contributed by atoms with E-state index in [1.54, 1.807) is 6.07 Å². The predicted octanol–water partition coefficient (Wildman–Crippen LogP) is 1.31. The van der Waals surface area contributed by atoms with Crippen molar-refractivity contribution in [1.29, 1.82) is 0 Å². The summed E-state index contributed by atoms with van der Waals surface area (Å²) in [6.45, 7) is 0.560. The van der Waals surface area contributed by atoms with Crippen molar-refractivity contribution in [2.75, 3.05) is 5.32 Å². The molecule has 124 valence electrons. The average molecular weight is 328 g/mol. The lowest BCUT2D eigenvalue weighted by Crippen LogP contribution is -2.35. The van der Waals surface area contributed by atoms with Crippen LogP contribution in [0.25, 0.3) is 0 Å². The molecule has 2 amide bonds. The lowest BCUT2D eigenvalue weighted by Gasteiger charge is -2.07. The van der Waals surface area contributed by atoms with Crippen LogP contribution in [0.4, 0.5) is 11.4 Å². The normalized spacial score (nSPS) is 10.0.